The van der Waals surface area contributed by atoms with E-state index < -0.39 is 0 Å². The molecule has 4 nitrogen and oxygen atoms in total. The number of pyridine rings is 1. The second kappa shape index (κ2) is 8.36. The molecule has 0 bridgehead atoms. The van der Waals surface area contributed by atoms with Gasteiger partial charge in [0.1, 0.15) is 24.2 Å². The Labute approximate surface area is 145 Å². The smallest absolute Gasteiger partial charge is 0.213 e. The highest BCUT2D eigenvalue weighted by atomic mass is 32.1. The first kappa shape index (κ1) is 16.3. The molecule has 0 amide bonds. The normalized spacial score (nSPS) is 11.7. The van der Waals surface area contributed by atoms with E-state index in [2.05, 4.69) is 11.9 Å². The van der Waals surface area contributed by atoms with Crippen LogP contribution in [0.4, 0.5) is 0 Å². The fourth-order valence-corrected chi connectivity index (χ4v) is 2.72. The lowest BCUT2D eigenvalue weighted by atomic mass is 10.3. The van der Waals surface area contributed by atoms with Gasteiger partial charge >= 0.3 is 0 Å². The van der Waals surface area contributed by atoms with Crippen LogP contribution in [0.3, 0.4) is 0 Å². The van der Waals surface area contributed by atoms with Crippen molar-refractivity contribution in [1.82, 2.24) is 4.98 Å². The van der Waals surface area contributed by atoms with Gasteiger partial charge in [-0.2, -0.15) is 0 Å². The zero-order chi connectivity index (χ0) is 16.6. The van der Waals surface area contributed by atoms with E-state index in [1.165, 1.54) is 11.3 Å². The Kier molecular flexibility index (Phi) is 5.69. The molecule has 2 aromatic heterocycles. The Balaban J connectivity index is 1.52. The van der Waals surface area contributed by atoms with Gasteiger partial charge in [0.15, 0.2) is 5.06 Å². The number of para-hydroxylation sites is 1. The summed E-state index contributed by atoms with van der Waals surface area (Å²) in [6, 6.07) is 17.2. The largest absolute Gasteiger partial charge is 0.480 e. The summed E-state index contributed by atoms with van der Waals surface area (Å²) in [5, 5.41) is 2.74. The SMILES string of the molecule is CCC(COc1cc(Oc2ccccc2)cs1)Oc1ccccn1. The molecular weight excluding hydrogens is 322 g/mol. The molecule has 3 rings (SSSR count). The molecule has 1 aromatic carbocycles. The molecule has 0 saturated heterocycles. The highest BCUT2D eigenvalue weighted by Gasteiger charge is 2.11. The van der Waals surface area contributed by atoms with E-state index in [1.807, 2.05) is 60.0 Å². The highest BCUT2D eigenvalue weighted by molar-refractivity contribution is 7.12. The number of rotatable bonds is 8. The van der Waals surface area contributed by atoms with Crippen molar-refractivity contribution < 1.29 is 14.2 Å². The maximum Gasteiger partial charge on any atom is 0.213 e. The third kappa shape index (κ3) is 4.73. The van der Waals surface area contributed by atoms with Crippen molar-refractivity contribution in [2.75, 3.05) is 6.61 Å². The van der Waals surface area contributed by atoms with Gasteiger partial charge in [-0.1, -0.05) is 31.2 Å². The molecule has 0 spiro atoms. The van der Waals surface area contributed by atoms with E-state index in [4.69, 9.17) is 14.2 Å². The van der Waals surface area contributed by atoms with Crippen molar-refractivity contribution in [2.24, 2.45) is 0 Å². The molecule has 0 N–H and O–H groups in total. The van der Waals surface area contributed by atoms with Crippen molar-refractivity contribution in [3.63, 3.8) is 0 Å². The first-order chi connectivity index (χ1) is 11.8. The summed E-state index contributed by atoms with van der Waals surface area (Å²) in [7, 11) is 0. The lowest BCUT2D eigenvalue weighted by Crippen LogP contribution is -2.24. The van der Waals surface area contributed by atoms with Crippen LogP contribution in [0.5, 0.6) is 22.4 Å². The van der Waals surface area contributed by atoms with Crippen LogP contribution >= 0.6 is 11.3 Å². The first-order valence-corrected chi connectivity index (χ1v) is 8.73. The Morgan fingerprint density at radius 3 is 2.62 bits per heavy atom. The summed E-state index contributed by atoms with van der Waals surface area (Å²) >= 11 is 1.51. The van der Waals surface area contributed by atoms with Crippen molar-refractivity contribution in [3.05, 3.63) is 66.2 Å². The number of aromatic nitrogens is 1. The minimum atomic E-state index is -0.0412. The standard InChI is InChI=1S/C19H19NO3S/c1-2-15(23-18-10-6-7-11-20-18)13-21-19-12-17(14-24-19)22-16-8-4-3-5-9-16/h3-12,14-15H,2,13H2,1H3. The quantitative estimate of drug-likeness (QED) is 0.566. The number of benzene rings is 1. The van der Waals surface area contributed by atoms with Crippen molar-refractivity contribution >= 4 is 11.3 Å². The van der Waals surface area contributed by atoms with E-state index in [1.54, 1.807) is 6.20 Å². The molecule has 0 saturated carbocycles. The molecule has 5 heteroatoms. The maximum atomic E-state index is 5.84. The van der Waals surface area contributed by atoms with Crippen LogP contribution in [0.1, 0.15) is 13.3 Å². The second-order valence-corrected chi connectivity index (χ2v) is 6.02. The van der Waals surface area contributed by atoms with Gasteiger partial charge in [-0.05, 0) is 24.6 Å². The summed E-state index contributed by atoms with van der Waals surface area (Å²) in [5.74, 6) is 2.21. The van der Waals surface area contributed by atoms with E-state index in [-0.39, 0.29) is 6.10 Å². The molecule has 0 fully saturated rings. The molecule has 24 heavy (non-hydrogen) atoms. The third-order valence-electron chi connectivity index (χ3n) is 3.32. The van der Waals surface area contributed by atoms with Gasteiger partial charge in [0.2, 0.25) is 5.88 Å². The second-order valence-electron chi connectivity index (χ2n) is 5.14. The lowest BCUT2D eigenvalue weighted by molar-refractivity contribution is 0.122. The van der Waals surface area contributed by atoms with E-state index in [0.717, 1.165) is 23.0 Å². The van der Waals surface area contributed by atoms with E-state index in [0.29, 0.717) is 12.5 Å². The Bertz CT molecular complexity index is 731. The molecule has 2 heterocycles. The zero-order valence-electron chi connectivity index (χ0n) is 13.4. The Morgan fingerprint density at radius 2 is 1.88 bits per heavy atom. The fourth-order valence-electron chi connectivity index (χ4n) is 2.05. The topological polar surface area (TPSA) is 40.6 Å². The van der Waals surface area contributed by atoms with Crippen LogP contribution in [0.15, 0.2) is 66.2 Å². The van der Waals surface area contributed by atoms with Gasteiger partial charge in [-0.15, -0.1) is 11.3 Å². The third-order valence-corrected chi connectivity index (χ3v) is 4.14. The van der Waals surface area contributed by atoms with Gasteiger partial charge in [-0.3, -0.25) is 0 Å². The predicted octanol–water partition coefficient (Wildman–Crippen LogP) is 5.17. The number of thiophene rings is 1. The van der Waals surface area contributed by atoms with Crippen LogP contribution < -0.4 is 14.2 Å². The molecular formula is C19H19NO3S. The van der Waals surface area contributed by atoms with Gasteiger partial charge < -0.3 is 14.2 Å². The summed E-state index contributed by atoms with van der Waals surface area (Å²) in [5.41, 5.74) is 0. The van der Waals surface area contributed by atoms with Crippen LogP contribution in [0, 0.1) is 0 Å². The van der Waals surface area contributed by atoms with Crippen molar-refractivity contribution in [1.29, 1.82) is 0 Å². The summed E-state index contributed by atoms with van der Waals surface area (Å²) in [6.45, 7) is 2.54. The molecule has 0 aliphatic heterocycles. The molecule has 1 unspecified atom stereocenters. The number of hydrogen-bond donors (Lipinski definition) is 0. The van der Waals surface area contributed by atoms with Crippen molar-refractivity contribution in [3.8, 4) is 22.4 Å². The first-order valence-electron chi connectivity index (χ1n) is 7.85. The molecule has 124 valence electrons. The molecule has 0 aliphatic carbocycles. The van der Waals surface area contributed by atoms with Crippen LogP contribution in [0.2, 0.25) is 0 Å². The van der Waals surface area contributed by atoms with Gasteiger partial charge in [0, 0.05) is 23.7 Å². The summed E-state index contributed by atoms with van der Waals surface area (Å²) in [6.07, 6.45) is 2.52. The van der Waals surface area contributed by atoms with Gasteiger partial charge in [0.05, 0.1) is 0 Å². The minimum absolute atomic E-state index is 0.0412. The van der Waals surface area contributed by atoms with Crippen LogP contribution in [-0.4, -0.2) is 17.7 Å². The minimum Gasteiger partial charge on any atom is -0.480 e. The molecule has 1 atom stereocenters. The summed E-state index contributed by atoms with van der Waals surface area (Å²) in [4.78, 5) is 4.18. The Hall–Kier alpha value is -2.53. The number of hydrogen-bond acceptors (Lipinski definition) is 5. The molecule has 0 radical (unpaired) electrons. The summed E-state index contributed by atoms with van der Waals surface area (Å²) < 4.78 is 17.4. The van der Waals surface area contributed by atoms with E-state index >= 15 is 0 Å². The average molecular weight is 341 g/mol. The molecule has 3 aromatic rings. The molecule has 0 aliphatic rings. The lowest BCUT2D eigenvalue weighted by Gasteiger charge is -2.16. The van der Waals surface area contributed by atoms with Gasteiger partial charge in [-0.25, -0.2) is 4.98 Å². The average Bonchev–Trinajstić information content (AvgIpc) is 3.07. The van der Waals surface area contributed by atoms with Crippen molar-refractivity contribution in [2.45, 2.75) is 19.4 Å². The predicted molar refractivity (Wildman–Crippen MR) is 95.3 cm³/mol. The number of ether oxygens (including phenoxy) is 3. The van der Waals surface area contributed by atoms with Crippen LogP contribution in [0.25, 0.3) is 0 Å². The Morgan fingerprint density at radius 1 is 1.04 bits per heavy atom. The fraction of sp³-hybridized carbons (Fsp3) is 0.211. The van der Waals surface area contributed by atoms with E-state index in [9.17, 15) is 0 Å². The van der Waals surface area contributed by atoms with Gasteiger partial charge in [0.25, 0.3) is 0 Å². The van der Waals surface area contributed by atoms with Crippen LogP contribution in [-0.2, 0) is 0 Å². The monoisotopic (exact) mass is 341 g/mol. The maximum absolute atomic E-state index is 5.84. The number of nitrogens with zero attached hydrogens (tertiary/aromatic N) is 1. The zero-order valence-corrected chi connectivity index (χ0v) is 14.2. The highest BCUT2D eigenvalue weighted by Crippen LogP contribution is 2.32.